The fourth-order valence-electron chi connectivity index (χ4n) is 5.33. The minimum Gasteiger partial charge on any atom is -0.440 e. The zero-order chi connectivity index (χ0) is 26.4. The molecule has 5 aromatic rings. The van der Waals surface area contributed by atoms with Gasteiger partial charge >= 0.3 is 11.9 Å². The molecular formula is C32H26N2O4. The van der Waals surface area contributed by atoms with E-state index in [1.165, 1.54) is 6.92 Å². The molecular weight excluding hydrogens is 476 g/mol. The molecule has 0 spiro atoms. The van der Waals surface area contributed by atoms with Gasteiger partial charge in [-0.05, 0) is 35.9 Å². The Hall–Kier alpha value is -4.84. The van der Waals surface area contributed by atoms with Gasteiger partial charge in [-0.15, -0.1) is 0 Å². The van der Waals surface area contributed by atoms with Crippen LogP contribution in [0.4, 0.5) is 5.69 Å². The number of carbonyl (C=O) groups excluding carboxylic acids is 2. The summed E-state index contributed by atoms with van der Waals surface area (Å²) in [5.41, 5.74) is 5.33. The molecule has 4 aromatic carbocycles. The Bertz CT molecular complexity index is 1690. The number of ether oxygens (including phenoxy) is 2. The summed E-state index contributed by atoms with van der Waals surface area (Å²) in [6, 6.07) is 31.1. The van der Waals surface area contributed by atoms with Crippen LogP contribution in [-0.2, 0) is 15.1 Å². The van der Waals surface area contributed by atoms with E-state index in [0.29, 0.717) is 11.3 Å². The molecule has 6 heteroatoms. The number of esters is 2. The van der Waals surface area contributed by atoms with E-state index in [1.807, 2.05) is 104 Å². The highest BCUT2D eigenvalue weighted by Gasteiger charge is 2.51. The van der Waals surface area contributed by atoms with Gasteiger partial charge in [-0.3, -0.25) is 4.79 Å². The number of cyclic esters (lactones) is 1. The van der Waals surface area contributed by atoms with E-state index in [2.05, 4.69) is 4.98 Å². The van der Waals surface area contributed by atoms with Crippen molar-refractivity contribution in [1.82, 2.24) is 4.98 Å². The highest BCUT2D eigenvalue weighted by molar-refractivity contribution is 6.01. The number of benzene rings is 4. The summed E-state index contributed by atoms with van der Waals surface area (Å²) < 4.78 is 11.8. The van der Waals surface area contributed by atoms with Crippen molar-refractivity contribution in [1.29, 1.82) is 0 Å². The summed E-state index contributed by atoms with van der Waals surface area (Å²) in [6.45, 7) is 1.37. The van der Waals surface area contributed by atoms with Crippen molar-refractivity contribution in [3.8, 4) is 17.0 Å². The lowest BCUT2D eigenvalue weighted by Crippen LogP contribution is -2.30. The second-order valence-corrected chi connectivity index (χ2v) is 9.60. The van der Waals surface area contributed by atoms with Crippen molar-refractivity contribution in [3.05, 3.63) is 119 Å². The monoisotopic (exact) mass is 502 g/mol. The van der Waals surface area contributed by atoms with Crippen molar-refractivity contribution in [2.75, 3.05) is 19.0 Å². The summed E-state index contributed by atoms with van der Waals surface area (Å²) in [6.07, 6.45) is 0. The molecule has 1 N–H and O–H groups in total. The number of para-hydroxylation sites is 1. The number of hydrogen-bond donors (Lipinski definition) is 1. The maximum absolute atomic E-state index is 13.6. The van der Waals surface area contributed by atoms with E-state index in [1.54, 1.807) is 12.1 Å². The number of aromatic nitrogens is 1. The lowest BCUT2D eigenvalue weighted by Gasteiger charge is -2.31. The van der Waals surface area contributed by atoms with Crippen LogP contribution in [-0.4, -0.2) is 31.0 Å². The fourth-order valence-corrected chi connectivity index (χ4v) is 5.33. The van der Waals surface area contributed by atoms with E-state index in [4.69, 9.17) is 9.47 Å². The second-order valence-electron chi connectivity index (χ2n) is 9.60. The van der Waals surface area contributed by atoms with Gasteiger partial charge in [0.15, 0.2) is 5.60 Å². The predicted molar refractivity (Wildman–Crippen MR) is 148 cm³/mol. The molecule has 0 saturated carbocycles. The molecule has 1 atom stereocenters. The second kappa shape index (κ2) is 8.92. The van der Waals surface area contributed by atoms with E-state index >= 15 is 0 Å². The molecule has 1 aliphatic heterocycles. The number of fused-ring (bicyclic) bond motifs is 2. The maximum atomic E-state index is 13.6. The average Bonchev–Trinajstić information content (AvgIpc) is 3.45. The number of H-pyrrole nitrogens is 1. The first-order valence-electron chi connectivity index (χ1n) is 12.4. The highest BCUT2D eigenvalue weighted by Crippen LogP contribution is 2.52. The van der Waals surface area contributed by atoms with Crippen molar-refractivity contribution in [2.24, 2.45) is 0 Å². The van der Waals surface area contributed by atoms with Gasteiger partial charge in [0.25, 0.3) is 0 Å². The van der Waals surface area contributed by atoms with Crippen molar-refractivity contribution in [3.63, 3.8) is 0 Å². The minimum absolute atomic E-state index is 0.392. The van der Waals surface area contributed by atoms with Crippen LogP contribution in [0.15, 0.2) is 97.1 Å². The molecule has 0 radical (unpaired) electrons. The molecule has 38 heavy (non-hydrogen) atoms. The Morgan fingerprint density at radius 2 is 1.61 bits per heavy atom. The van der Waals surface area contributed by atoms with E-state index in [0.717, 1.165) is 44.5 Å². The Balaban J connectivity index is 1.70. The number of nitrogens with one attached hydrogen (secondary N) is 1. The molecule has 0 bridgehead atoms. The van der Waals surface area contributed by atoms with Crippen LogP contribution in [0.25, 0.3) is 22.2 Å². The molecule has 0 aliphatic carbocycles. The largest absolute Gasteiger partial charge is 0.440 e. The van der Waals surface area contributed by atoms with Crippen LogP contribution in [0, 0.1) is 0 Å². The molecule has 188 valence electrons. The summed E-state index contributed by atoms with van der Waals surface area (Å²) in [4.78, 5) is 30.7. The van der Waals surface area contributed by atoms with Gasteiger partial charge in [0.05, 0.1) is 11.3 Å². The van der Waals surface area contributed by atoms with Gasteiger partial charge in [0, 0.05) is 54.3 Å². The van der Waals surface area contributed by atoms with E-state index < -0.39 is 17.5 Å². The third-order valence-electron chi connectivity index (χ3n) is 7.01. The van der Waals surface area contributed by atoms with Crippen LogP contribution >= 0.6 is 0 Å². The lowest BCUT2D eigenvalue weighted by atomic mass is 9.77. The summed E-state index contributed by atoms with van der Waals surface area (Å²) in [5.74, 6) is -0.368. The van der Waals surface area contributed by atoms with Gasteiger partial charge in [0.1, 0.15) is 5.75 Å². The van der Waals surface area contributed by atoms with Gasteiger partial charge in [-0.1, -0.05) is 66.7 Å². The molecule has 0 saturated heterocycles. The molecule has 0 amide bonds. The first-order chi connectivity index (χ1) is 18.4. The first-order valence-corrected chi connectivity index (χ1v) is 12.4. The van der Waals surface area contributed by atoms with Crippen LogP contribution in [0.2, 0.25) is 0 Å². The zero-order valence-electron chi connectivity index (χ0n) is 21.3. The van der Waals surface area contributed by atoms with Crippen molar-refractivity contribution >= 4 is 28.5 Å². The number of aromatic amines is 1. The molecule has 1 aliphatic rings. The highest BCUT2D eigenvalue weighted by atomic mass is 16.6. The summed E-state index contributed by atoms with van der Waals surface area (Å²) in [5, 5.41) is 0.952. The number of rotatable bonds is 5. The summed E-state index contributed by atoms with van der Waals surface area (Å²) >= 11 is 0. The van der Waals surface area contributed by atoms with Crippen LogP contribution in [0.5, 0.6) is 5.75 Å². The van der Waals surface area contributed by atoms with Crippen LogP contribution in [0.3, 0.4) is 0 Å². The Labute approximate surface area is 220 Å². The Morgan fingerprint density at radius 1 is 0.895 bits per heavy atom. The number of anilines is 1. The van der Waals surface area contributed by atoms with Crippen LogP contribution in [0.1, 0.15) is 34.0 Å². The van der Waals surface area contributed by atoms with E-state index in [-0.39, 0.29) is 0 Å². The van der Waals surface area contributed by atoms with Crippen LogP contribution < -0.4 is 9.64 Å². The quantitative estimate of drug-likeness (QED) is 0.226. The lowest BCUT2D eigenvalue weighted by molar-refractivity contribution is -0.131. The van der Waals surface area contributed by atoms with Gasteiger partial charge in [-0.2, -0.15) is 0 Å². The van der Waals surface area contributed by atoms with E-state index in [9.17, 15) is 9.59 Å². The number of nitrogens with zero attached hydrogens (tertiary/aromatic N) is 1. The van der Waals surface area contributed by atoms with Crippen molar-refractivity contribution in [2.45, 2.75) is 12.5 Å². The normalized spacial score (nSPS) is 16.2. The van der Waals surface area contributed by atoms with Gasteiger partial charge < -0.3 is 19.4 Å². The van der Waals surface area contributed by atoms with Gasteiger partial charge in [0.2, 0.25) is 0 Å². The number of hydrogen-bond acceptors (Lipinski definition) is 5. The smallest absolute Gasteiger partial charge is 0.340 e. The molecule has 2 heterocycles. The maximum Gasteiger partial charge on any atom is 0.340 e. The average molecular weight is 503 g/mol. The molecule has 6 rings (SSSR count). The van der Waals surface area contributed by atoms with Crippen molar-refractivity contribution < 1.29 is 19.1 Å². The third-order valence-corrected chi connectivity index (χ3v) is 7.01. The Morgan fingerprint density at radius 3 is 2.32 bits per heavy atom. The zero-order valence-corrected chi connectivity index (χ0v) is 21.3. The third kappa shape index (κ3) is 3.65. The molecule has 1 aromatic heterocycles. The first kappa shape index (κ1) is 23.6. The SMILES string of the molecule is CC(=O)Oc1ccc(C2(c3c(-c4ccccc4)[nH]c4ccccc34)OC(=O)c3cc(N(C)C)ccc32)cc1. The standard InChI is InChI=1S/C32H26N2O4/c1-20(35)37-24-16-13-22(14-17-24)32(27-18-15-23(34(2)3)19-26(27)31(36)38-32)29-25-11-7-8-12-28(25)33-30(29)21-9-5-4-6-10-21/h4-19,33H,1-3H3. The summed E-state index contributed by atoms with van der Waals surface area (Å²) in [7, 11) is 3.88. The Kier molecular flexibility index (Phi) is 5.53. The topological polar surface area (TPSA) is 71.6 Å². The van der Waals surface area contributed by atoms with Gasteiger partial charge in [-0.25, -0.2) is 4.79 Å². The molecule has 1 unspecified atom stereocenters. The molecule has 0 fully saturated rings. The predicted octanol–water partition coefficient (Wildman–Crippen LogP) is 6.29. The fraction of sp³-hybridized carbons (Fsp3) is 0.125. The molecule has 6 nitrogen and oxygen atoms in total. The number of carbonyl (C=O) groups is 2. The minimum atomic E-state index is -1.24.